The largest absolute Gasteiger partial charge is 0.455 e. The molecule has 0 atom stereocenters. The van der Waals surface area contributed by atoms with Gasteiger partial charge in [0.25, 0.3) is 0 Å². The van der Waals surface area contributed by atoms with Crippen molar-refractivity contribution < 1.29 is 4.42 Å². The van der Waals surface area contributed by atoms with E-state index < -0.39 is 0 Å². The third kappa shape index (κ3) is 5.50. The van der Waals surface area contributed by atoms with Gasteiger partial charge in [0, 0.05) is 32.7 Å². The van der Waals surface area contributed by atoms with Crippen LogP contribution in [0.4, 0.5) is 0 Å². The quantitative estimate of drug-likeness (QED) is 0.173. The van der Waals surface area contributed by atoms with E-state index in [0.717, 1.165) is 71.3 Å². The van der Waals surface area contributed by atoms with Crippen LogP contribution in [0.5, 0.6) is 0 Å². The fraction of sp³-hybridized carbons (Fsp3) is 0. The Hall–Kier alpha value is -8.93. The maximum absolute atomic E-state index is 7.05. The fourth-order valence-electron chi connectivity index (χ4n) is 10.4. The van der Waals surface area contributed by atoms with Crippen molar-refractivity contribution in [3.8, 4) is 51.0 Å². The van der Waals surface area contributed by atoms with Crippen LogP contribution in [0.1, 0.15) is 0 Å². The minimum absolute atomic E-state index is 0.539. The van der Waals surface area contributed by atoms with Crippen molar-refractivity contribution in [1.29, 1.82) is 0 Å². The van der Waals surface area contributed by atoms with Crippen LogP contribution in [0.25, 0.3) is 138 Å². The molecule has 5 nitrogen and oxygen atoms in total. The molecule has 0 unspecified atom stereocenters. The van der Waals surface area contributed by atoms with Gasteiger partial charge in [0.1, 0.15) is 11.2 Å². The SMILES string of the molecule is c1ccc(-c2cc3c4cc5ccccc5cc4n(-c4ccc(-c5nc(-c6cccc7ccccc67)nc(-c6cccc7ccccc67)n5)c5oc6ccccc6c45)c3c3ccccc23)cc1. The van der Waals surface area contributed by atoms with Crippen molar-refractivity contribution in [3.63, 3.8) is 0 Å². The summed E-state index contributed by atoms with van der Waals surface area (Å²) in [6.07, 6.45) is 0. The van der Waals surface area contributed by atoms with E-state index in [-0.39, 0.29) is 0 Å². The number of hydrogen-bond donors (Lipinski definition) is 0. The Labute approximate surface area is 378 Å². The average Bonchev–Trinajstić information content (AvgIpc) is 3.93. The standard InChI is InChI=1S/C61H36N4O/c1-2-16-39(17-3-1)50-36-52-51-34-40-20-4-5-21-41(40)35-54(51)65(57(52)45-27-11-10-26-44(45)50)53-33-32-49(58-56(53)48-28-12-13-31-55(48)66-58)61-63-59(46-29-14-22-37-18-6-8-24-42(37)46)62-60(64-61)47-30-15-23-38-19-7-9-25-43(38)47/h1-36H. The molecule has 0 spiro atoms. The van der Waals surface area contributed by atoms with Crippen LogP contribution in [0.2, 0.25) is 0 Å². The van der Waals surface area contributed by atoms with Gasteiger partial charge in [-0.3, -0.25) is 0 Å². The maximum atomic E-state index is 7.05. The van der Waals surface area contributed by atoms with Crippen LogP contribution in [-0.2, 0) is 0 Å². The first-order chi connectivity index (χ1) is 32.7. The summed E-state index contributed by atoms with van der Waals surface area (Å²) in [5.74, 6) is 1.74. The molecule has 66 heavy (non-hydrogen) atoms. The summed E-state index contributed by atoms with van der Waals surface area (Å²) in [4.78, 5) is 16.0. The summed E-state index contributed by atoms with van der Waals surface area (Å²) in [6, 6.07) is 77.5. The highest BCUT2D eigenvalue weighted by Crippen LogP contribution is 2.46. The van der Waals surface area contributed by atoms with Crippen LogP contribution in [0.15, 0.2) is 223 Å². The molecule has 0 fully saturated rings. The first kappa shape index (κ1) is 36.5. The molecule has 14 aromatic rings. The second-order valence-electron chi connectivity index (χ2n) is 17.1. The van der Waals surface area contributed by atoms with Gasteiger partial charge in [-0.1, -0.05) is 182 Å². The Morgan fingerprint density at radius 3 is 1.55 bits per heavy atom. The van der Waals surface area contributed by atoms with Crippen LogP contribution < -0.4 is 0 Å². The molecule has 0 saturated heterocycles. The van der Waals surface area contributed by atoms with Gasteiger partial charge >= 0.3 is 0 Å². The lowest BCUT2D eigenvalue weighted by Gasteiger charge is -2.15. The zero-order valence-corrected chi connectivity index (χ0v) is 35.5. The van der Waals surface area contributed by atoms with E-state index in [0.29, 0.717) is 23.1 Å². The third-order valence-corrected chi connectivity index (χ3v) is 13.4. The van der Waals surface area contributed by atoms with Gasteiger partial charge in [-0.25, -0.2) is 15.0 Å². The Kier molecular flexibility index (Phi) is 7.91. The van der Waals surface area contributed by atoms with Gasteiger partial charge in [0.05, 0.1) is 27.7 Å². The molecule has 0 aliphatic rings. The number of hydrogen-bond acceptors (Lipinski definition) is 4. The molecule has 14 rings (SSSR count). The smallest absolute Gasteiger partial charge is 0.167 e. The molecule has 0 N–H and O–H groups in total. The molecule has 3 heterocycles. The van der Waals surface area contributed by atoms with E-state index >= 15 is 0 Å². The maximum Gasteiger partial charge on any atom is 0.167 e. The lowest BCUT2D eigenvalue weighted by atomic mass is 9.95. The summed E-state index contributed by atoms with van der Waals surface area (Å²) in [5, 5.41) is 13.5. The normalized spacial score (nSPS) is 11.9. The molecule has 0 aliphatic carbocycles. The Morgan fingerprint density at radius 1 is 0.333 bits per heavy atom. The zero-order valence-electron chi connectivity index (χ0n) is 35.5. The number of rotatable bonds is 5. The van der Waals surface area contributed by atoms with E-state index in [1.807, 2.05) is 6.07 Å². The van der Waals surface area contributed by atoms with Gasteiger partial charge in [-0.15, -0.1) is 0 Å². The number of aromatic nitrogens is 4. The van der Waals surface area contributed by atoms with Gasteiger partial charge in [0.2, 0.25) is 0 Å². The Morgan fingerprint density at radius 2 is 0.864 bits per heavy atom. The van der Waals surface area contributed by atoms with Crippen molar-refractivity contribution >= 4 is 86.8 Å². The Balaban J connectivity index is 1.10. The molecular weight excluding hydrogens is 805 g/mol. The molecule has 0 aliphatic heterocycles. The highest BCUT2D eigenvalue weighted by atomic mass is 16.3. The molecule has 3 aromatic heterocycles. The van der Waals surface area contributed by atoms with Gasteiger partial charge in [0.15, 0.2) is 17.5 Å². The zero-order chi connectivity index (χ0) is 43.3. The monoisotopic (exact) mass is 840 g/mol. The predicted molar refractivity (Wildman–Crippen MR) is 273 cm³/mol. The number of furan rings is 1. The third-order valence-electron chi connectivity index (χ3n) is 13.4. The van der Waals surface area contributed by atoms with Crippen LogP contribution in [0.3, 0.4) is 0 Å². The van der Waals surface area contributed by atoms with Crippen molar-refractivity contribution in [3.05, 3.63) is 218 Å². The lowest BCUT2D eigenvalue weighted by molar-refractivity contribution is 0.669. The molecule has 306 valence electrons. The number of nitrogens with zero attached hydrogens (tertiary/aromatic N) is 4. The highest BCUT2D eigenvalue weighted by Gasteiger charge is 2.25. The summed E-state index contributed by atoms with van der Waals surface area (Å²) in [5.41, 5.74) is 9.86. The minimum atomic E-state index is 0.539. The van der Waals surface area contributed by atoms with Crippen LogP contribution in [0, 0.1) is 0 Å². The fourth-order valence-corrected chi connectivity index (χ4v) is 10.4. The minimum Gasteiger partial charge on any atom is -0.455 e. The van der Waals surface area contributed by atoms with Crippen LogP contribution >= 0.6 is 0 Å². The van der Waals surface area contributed by atoms with E-state index in [1.54, 1.807) is 0 Å². The van der Waals surface area contributed by atoms with Gasteiger partial charge < -0.3 is 8.98 Å². The van der Waals surface area contributed by atoms with Crippen LogP contribution in [-0.4, -0.2) is 19.5 Å². The molecule has 0 bridgehead atoms. The number of benzene rings is 11. The topological polar surface area (TPSA) is 56.7 Å². The predicted octanol–water partition coefficient (Wildman–Crippen LogP) is 16.1. The number of para-hydroxylation sites is 1. The molecule has 0 radical (unpaired) electrons. The highest BCUT2D eigenvalue weighted by molar-refractivity contribution is 6.25. The summed E-state index contributed by atoms with van der Waals surface area (Å²) in [7, 11) is 0. The number of fused-ring (bicyclic) bond motifs is 11. The average molecular weight is 841 g/mol. The molecule has 0 saturated carbocycles. The first-order valence-electron chi connectivity index (χ1n) is 22.3. The van der Waals surface area contributed by atoms with E-state index in [9.17, 15) is 0 Å². The summed E-state index contributed by atoms with van der Waals surface area (Å²) < 4.78 is 9.52. The second kappa shape index (κ2) is 14.3. The van der Waals surface area contributed by atoms with Crippen molar-refractivity contribution in [2.45, 2.75) is 0 Å². The van der Waals surface area contributed by atoms with Crippen molar-refractivity contribution in [2.75, 3.05) is 0 Å². The molecule has 11 aromatic carbocycles. The molecular formula is C61H36N4O. The Bertz CT molecular complexity index is 4190. The second-order valence-corrected chi connectivity index (χ2v) is 17.1. The lowest BCUT2D eigenvalue weighted by Crippen LogP contribution is -2.02. The summed E-state index contributed by atoms with van der Waals surface area (Å²) in [6.45, 7) is 0. The summed E-state index contributed by atoms with van der Waals surface area (Å²) >= 11 is 0. The molecule has 0 amide bonds. The van der Waals surface area contributed by atoms with Crippen molar-refractivity contribution in [1.82, 2.24) is 19.5 Å². The van der Waals surface area contributed by atoms with Crippen molar-refractivity contribution in [2.24, 2.45) is 0 Å². The molecule has 5 heteroatoms. The van der Waals surface area contributed by atoms with Gasteiger partial charge in [-0.05, 0) is 85.2 Å². The van der Waals surface area contributed by atoms with E-state index in [2.05, 4.69) is 217 Å². The van der Waals surface area contributed by atoms with E-state index in [4.69, 9.17) is 19.4 Å². The van der Waals surface area contributed by atoms with E-state index in [1.165, 1.54) is 43.4 Å². The first-order valence-corrected chi connectivity index (χ1v) is 22.3. The van der Waals surface area contributed by atoms with Gasteiger partial charge in [-0.2, -0.15) is 0 Å².